The van der Waals surface area contributed by atoms with Gasteiger partial charge in [0.25, 0.3) is 0 Å². The lowest BCUT2D eigenvalue weighted by Crippen LogP contribution is -2.25. The molecule has 4 aromatic carbocycles. The molecule has 0 amide bonds. The van der Waals surface area contributed by atoms with Crippen molar-refractivity contribution < 1.29 is 8.78 Å². The molecule has 7 heteroatoms. The van der Waals surface area contributed by atoms with Crippen LogP contribution in [0.5, 0.6) is 0 Å². The zero-order chi connectivity index (χ0) is 21.3. The van der Waals surface area contributed by atoms with E-state index in [1.807, 2.05) is 54.6 Å². The lowest BCUT2D eigenvalue weighted by atomic mass is 10.3. The number of hydrogen-bond donors (Lipinski definition) is 0. The zero-order valence-electron chi connectivity index (χ0n) is 16.2. The third-order valence-electron chi connectivity index (χ3n) is 4.92. The maximum atomic E-state index is 13.8. The van der Waals surface area contributed by atoms with Gasteiger partial charge in [-0.25, -0.2) is 12.9 Å². The van der Waals surface area contributed by atoms with Crippen LogP contribution in [0.25, 0.3) is 0 Å². The van der Waals surface area contributed by atoms with Gasteiger partial charge in [0, 0.05) is 22.0 Å². The van der Waals surface area contributed by atoms with Crippen LogP contribution in [0.3, 0.4) is 0 Å². The molecular formula is C24H17F2N2PS2. The van der Waals surface area contributed by atoms with Gasteiger partial charge in [0.1, 0.15) is 0 Å². The number of nitrogens with zero attached hydrogens (tertiary/aromatic N) is 2. The summed E-state index contributed by atoms with van der Waals surface area (Å²) in [5.74, 6) is -1.74. The van der Waals surface area contributed by atoms with Crippen molar-refractivity contribution in [3.63, 3.8) is 0 Å². The van der Waals surface area contributed by atoms with Crippen LogP contribution in [-0.2, 0) is 9.91 Å². The third-order valence-corrected chi connectivity index (χ3v) is 12.4. The van der Waals surface area contributed by atoms with E-state index >= 15 is 0 Å². The zero-order valence-corrected chi connectivity index (χ0v) is 18.8. The van der Waals surface area contributed by atoms with Crippen molar-refractivity contribution in [1.29, 1.82) is 0 Å². The Hall–Kier alpha value is -2.53. The number of benzene rings is 4. The monoisotopic (exact) mass is 466 g/mol. The molecule has 5 rings (SSSR count). The first-order valence-corrected chi connectivity index (χ1v) is 13.8. The van der Waals surface area contributed by atoms with Gasteiger partial charge in [-0.3, -0.25) is 0 Å². The minimum Gasteiger partial charge on any atom is -0.204 e. The molecule has 0 spiro atoms. The topological polar surface area (TPSA) is 24.7 Å². The second-order valence-corrected chi connectivity index (χ2v) is 13.0. The first-order valence-electron chi connectivity index (χ1n) is 9.60. The van der Waals surface area contributed by atoms with Gasteiger partial charge in [-0.1, -0.05) is 91.0 Å². The highest BCUT2D eigenvalue weighted by molar-refractivity contribution is 8.70. The van der Waals surface area contributed by atoms with Crippen LogP contribution in [0.15, 0.2) is 117 Å². The lowest BCUT2D eigenvalue weighted by Gasteiger charge is -2.26. The van der Waals surface area contributed by atoms with Crippen molar-refractivity contribution in [2.24, 2.45) is 8.51 Å². The highest BCUT2D eigenvalue weighted by Crippen LogP contribution is 2.51. The van der Waals surface area contributed by atoms with Crippen LogP contribution in [-0.4, -0.2) is 0 Å². The molecule has 0 aromatic heterocycles. The Labute approximate surface area is 186 Å². The average molecular weight is 467 g/mol. The van der Waals surface area contributed by atoms with Crippen LogP contribution in [0, 0.1) is 11.6 Å². The highest BCUT2D eigenvalue weighted by Gasteiger charge is 2.29. The molecule has 0 saturated carbocycles. The molecule has 2 nitrogen and oxygen atoms in total. The Balaban J connectivity index is 1.80. The fourth-order valence-electron chi connectivity index (χ4n) is 3.50. The largest absolute Gasteiger partial charge is 0.204 e. The number of hydrogen-bond acceptors (Lipinski definition) is 3. The first kappa shape index (κ1) is 20.4. The van der Waals surface area contributed by atoms with E-state index in [0.29, 0.717) is 10.6 Å². The SMILES string of the molecule is Fc1cc2c(cc1F)S[S@@](N=P(c1ccccc1)(c1ccccc1)c1ccccc1)=N2. The second-order valence-electron chi connectivity index (χ2n) is 6.86. The van der Waals surface area contributed by atoms with Gasteiger partial charge < -0.3 is 0 Å². The van der Waals surface area contributed by atoms with E-state index in [4.69, 9.17) is 4.15 Å². The van der Waals surface area contributed by atoms with Crippen molar-refractivity contribution in [1.82, 2.24) is 0 Å². The standard InChI is InChI=1S/C24H17F2N2PS2/c25-21-16-23-24(17-22(21)26)30-31(27-23)28-29(18-10-4-1-5-11-18,19-12-6-2-7-13-19)20-14-8-3-9-15-20/h1-17H/t31-/m1/s1. The highest BCUT2D eigenvalue weighted by atomic mass is 33.1. The van der Waals surface area contributed by atoms with E-state index in [0.717, 1.165) is 22.0 Å². The van der Waals surface area contributed by atoms with Crippen molar-refractivity contribution >= 4 is 49.4 Å². The normalized spacial score (nSPS) is 15.2. The van der Waals surface area contributed by atoms with Gasteiger partial charge in [0.15, 0.2) is 11.6 Å². The summed E-state index contributed by atoms with van der Waals surface area (Å²) in [6.45, 7) is 0. The van der Waals surface area contributed by atoms with Gasteiger partial charge in [-0.05, 0) is 16.9 Å². The molecule has 1 atom stereocenters. The van der Waals surface area contributed by atoms with E-state index in [9.17, 15) is 8.78 Å². The molecule has 1 aliphatic rings. The fourth-order valence-corrected chi connectivity index (χ4v) is 11.8. The van der Waals surface area contributed by atoms with Crippen LogP contribution in [0.2, 0.25) is 0 Å². The van der Waals surface area contributed by atoms with Crippen molar-refractivity contribution in [3.8, 4) is 0 Å². The second kappa shape index (κ2) is 8.54. The lowest BCUT2D eigenvalue weighted by molar-refractivity contribution is 0.506. The molecule has 0 saturated heterocycles. The molecule has 0 fully saturated rings. The molecule has 0 N–H and O–H groups in total. The molecule has 0 radical (unpaired) electrons. The number of fused-ring (bicyclic) bond motifs is 1. The van der Waals surface area contributed by atoms with Crippen LogP contribution in [0.1, 0.15) is 0 Å². The Morgan fingerprint density at radius 2 is 1.13 bits per heavy atom. The van der Waals surface area contributed by atoms with E-state index in [2.05, 4.69) is 40.8 Å². The van der Waals surface area contributed by atoms with Crippen molar-refractivity contribution in [2.45, 2.75) is 4.90 Å². The molecule has 31 heavy (non-hydrogen) atoms. The smallest absolute Gasteiger partial charge is 0.161 e. The number of rotatable bonds is 4. The quantitative estimate of drug-likeness (QED) is 0.249. The summed E-state index contributed by atoms with van der Waals surface area (Å²) in [7, 11) is -1.86. The summed E-state index contributed by atoms with van der Waals surface area (Å²) in [5.41, 5.74) is 0.461. The van der Waals surface area contributed by atoms with Crippen LogP contribution < -0.4 is 15.9 Å². The maximum absolute atomic E-state index is 13.8. The van der Waals surface area contributed by atoms with E-state index in [1.165, 1.54) is 16.9 Å². The van der Waals surface area contributed by atoms with Crippen LogP contribution >= 0.6 is 17.8 Å². The summed E-state index contributed by atoms with van der Waals surface area (Å²) in [4.78, 5) is 0.623. The predicted octanol–water partition coefficient (Wildman–Crippen LogP) is 6.51. The molecule has 154 valence electrons. The average Bonchev–Trinajstić information content (AvgIpc) is 3.20. The summed E-state index contributed by atoms with van der Waals surface area (Å²) >= 11 is 0. The van der Waals surface area contributed by atoms with Crippen molar-refractivity contribution in [3.05, 3.63) is 115 Å². The van der Waals surface area contributed by atoms with Gasteiger partial charge in [0.2, 0.25) is 0 Å². The minimum atomic E-state index is -2.42. The number of halogens is 2. The summed E-state index contributed by atoms with van der Waals surface area (Å²) in [6.07, 6.45) is 0. The molecule has 1 aliphatic heterocycles. The van der Waals surface area contributed by atoms with Gasteiger partial charge in [-0.15, -0.1) is 0 Å². The van der Waals surface area contributed by atoms with E-state index < -0.39 is 28.6 Å². The van der Waals surface area contributed by atoms with E-state index in [-0.39, 0.29) is 0 Å². The molecule has 1 heterocycles. The summed E-state index contributed by atoms with van der Waals surface area (Å²) < 4.78 is 37.6. The molecule has 0 aliphatic carbocycles. The fraction of sp³-hybridized carbons (Fsp3) is 0. The Morgan fingerprint density at radius 3 is 1.61 bits per heavy atom. The van der Waals surface area contributed by atoms with Crippen molar-refractivity contribution in [2.75, 3.05) is 0 Å². The Bertz CT molecular complexity index is 1220. The molecular weight excluding hydrogens is 449 g/mol. The predicted molar refractivity (Wildman–Crippen MR) is 129 cm³/mol. The molecule has 4 aromatic rings. The Morgan fingerprint density at radius 1 is 0.677 bits per heavy atom. The van der Waals surface area contributed by atoms with Crippen LogP contribution in [0.4, 0.5) is 14.5 Å². The minimum absolute atomic E-state index is 0.461. The third kappa shape index (κ3) is 3.80. The molecule has 0 bridgehead atoms. The summed E-state index contributed by atoms with van der Waals surface area (Å²) in [5, 5.41) is 3.34. The summed E-state index contributed by atoms with van der Waals surface area (Å²) in [6, 6.07) is 33.1. The van der Waals surface area contributed by atoms with E-state index in [1.54, 1.807) is 0 Å². The van der Waals surface area contributed by atoms with Gasteiger partial charge in [-0.2, -0.15) is 4.36 Å². The molecule has 0 unspecified atom stereocenters. The van der Waals surface area contributed by atoms with Gasteiger partial charge >= 0.3 is 0 Å². The maximum Gasteiger partial charge on any atom is 0.161 e. The Kier molecular flexibility index (Phi) is 5.61. The van der Waals surface area contributed by atoms with Gasteiger partial charge in [0.05, 0.1) is 27.5 Å². The first-order chi connectivity index (χ1) is 15.2.